The quantitative estimate of drug-likeness (QED) is 0.833. The monoisotopic (exact) mass is 230 g/mol. The first kappa shape index (κ1) is 10.1. The minimum absolute atomic E-state index is 0.489. The number of hydrogen-bond donors (Lipinski definition) is 2. The van der Waals surface area contributed by atoms with E-state index in [2.05, 4.69) is 20.4 Å². The number of rotatable bonds is 3. The average Bonchev–Trinajstić information content (AvgIpc) is 3.03. The van der Waals surface area contributed by atoms with Crippen molar-refractivity contribution < 1.29 is 0 Å². The molecule has 0 unspecified atom stereocenters. The fraction of sp³-hybridized carbons (Fsp3) is 0.364. The van der Waals surface area contributed by atoms with Crippen LogP contribution in [0.2, 0.25) is 0 Å². The maximum absolute atomic E-state index is 5.77. The highest BCUT2D eigenvalue weighted by atomic mass is 15.3. The van der Waals surface area contributed by atoms with Crippen molar-refractivity contribution in [1.82, 2.24) is 19.7 Å². The SMILES string of the molecule is Cn1ccc(Nc2cc(N)nc(C3CC3)n2)n1. The number of nitrogens with zero attached hydrogens (tertiary/aromatic N) is 4. The van der Waals surface area contributed by atoms with E-state index in [4.69, 9.17) is 5.73 Å². The Bertz CT molecular complexity index is 543. The zero-order valence-electron chi connectivity index (χ0n) is 9.59. The highest BCUT2D eigenvalue weighted by Gasteiger charge is 2.27. The molecule has 1 aliphatic rings. The van der Waals surface area contributed by atoms with E-state index in [0.29, 0.717) is 17.6 Å². The van der Waals surface area contributed by atoms with E-state index in [-0.39, 0.29) is 0 Å². The lowest BCUT2D eigenvalue weighted by atomic mass is 10.4. The summed E-state index contributed by atoms with van der Waals surface area (Å²) in [5.41, 5.74) is 5.77. The van der Waals surface area contributed by atoms with Crippen molar-refractivity contribution in [2.45, 2.75) is 18.8 Å². The number of aryl methyl sites for hydroxylation is 1. The Kier molecular flexibility index (Phi) is 2.21. The summed E-state index contributed by atoms with van der Waals surface area (Å²) in [4.78, 5) is 8.69. The zero-order chi connectivity index (χ0) is 11.8. The number of nitrogens with one attached hydrogen (secondary N) is 1. The molecule has 6 heteroatoms. The van der Waals surface area contributed by atoms with Gasteiger partial charge in [0, 0.05) is 31.3 Å². The molecular weight excluding hydrogens is 216 g/mol. The van der Waals surface area contributed by atoms with Gasteiger partial charge < -0.3 is 11.1 Å². The van der Waals surface area contributed by atoms with Gasteiger partial charge in [0.15, 0.2) is 5.82 Å². The van der Waals surface area contributed by atoms with Crippen LogP contribution < -0.4 is 11.1 Å². The molecule has 0 aliphatic heterocycles. The smallest absolute Gasteiger partial charge is 0.153 e. The number of nitrogens with two attached hydrogens (primary N) is 1. The average molecular weight is 230 g/mol. The lowest BCUT2D eigenvalue weighted by molar-refractivity contribution is 0.771. The van der Waals surface area contributed by atoms with Crippen LogP contribution in [0.15, 0.2) is 18.3 Å². The second kappa shape index (κ2) is 3.73. The minimum atomic E-state index is 0.489. The van der Waals surface area contributed by atoms with Gasteiger partial charge in [0.05, 0.1) is 0 Å². The fourth-order valence-corrected chi connectivity index (χ4v) is 1.69. The van der Waals surface area contributed by atoms with Crippen molar-refractivity contribution in [2.75, 3.05) is 11.1 Å². The lowest BCUT2D eigenvalue weighted by Crippen LogP contribution is -2.03. The largest absolute Gasteiger partial charge is 0.384 e. The third-order valence-corrected chi connectivity index (χ3v) is 2.68. The molecule has 1 aliphatic carbocycles. The first-order chi connectivity index (χ1) is 8.20. The van der Waals surface area contributed by atoms with Crippen LogP contribution in [0.5, 0.6) is 0 Å². The molecule has 0 atom stereocenters. The first-order valence-electron chi connectivity index (χ1n) is 5.62. The van der Waals surface area contributed by atoms with Crippen LogP contribution in [0.3, 0.4) is 0 Å². The molecule has 2 aromatic heterocycles. The van der Waals surface area contributed by atoms with E-state index in [9.17, 15) is 0 Å². The summed E-state index contributed by atoms with van der Waals surface area (Å²) in [6.07, 6.45) is 4.19. The molecule has 88 valence electrons. The Morgan fingerprint density at radius 3 is 2.82 bits per heavy atom. The van der Waals surface area contributed by atoms with E-state index in [1.807, 2.05) is 19.3 Å². The van der Waals surface area contributed by atoms with Crippen LogP contribution in [-0.2, 0) is 7.05 Å². The van der Waals surface area contributed by atoms with Crippen molar-refractivity contribution in [3.8, 4) is 0 Å². The molecule has 3 N–H and O–H groups in total. The van der Waals surface area contributed by atoms with Gasteiger partial charge in [0.1, 0.15) is 17.5 Å². The van der Waals surface area contributed by atoms with Crippen LogP contribution in [0.25, 0.3) is 0 Å². The molecule has 2 heterocycles. The molecule has 0 spiro atoms. The summed E-state index contributed by atoms with van der Waals surface area (Å²) in [6, 6.07) is 3.61. The molecule has 0 amide bonds. The molecule has 0 saturated heterocycles. The van der Waals surface area contributed by atoms with E-state index < -0.39 is 0 Å². The second-order valence-electron chi connectivity index (χ2n) is 4.31. The third-order valence-electron chi connectivity index (χ3n) is 2.68. The fourth-order valence-electron chi connectivity index (χ4n) is 1.69. The predicted octanol–water partition coefficient (Wildman–Crippen LogP) is 1.41. The normalized spacial score (nSPS) is 14.9. The van der Waals surface area contributed by atoms with E-state index in [1.165, 1.54) is 0 Å². The van der Waals surface area contributed by atoms with Crippen molar-refractivity contribution in [2.24, 2.45) is 7.05 Å². The lowest BCUT2D eigenvalue weighted by Gasteiger charge is -2.05. The molecule has 0 aromatic carbocycles. The van der Waals surface area contributed by atoms with Gasteiger partial charge in [-0.1, -0.05) is 0 Å². The molecule has 3 rings (SSSR count). The summed E-state index contributed by atoms with van der Waals surface area (Å²) >= 11 is 0. The van der Waals surface area contributed by atoms with Crippen molar-refractivity contribution in [3.05, 3.63) is 24.2 Å². The summed E-state index contributed by atoms with van der Waals surface area (Å²) in [7, 11) is 1.87. The van der Waals surface area contributed by atoms with E-state index in [0.717, 1.165) is 24.5 Å². The van der Waals surface area contributed by atoms with Gasteiger partial charge in [-0.25, -0.2) is 9.97 Å². The maximum atomic E-state index is 5.77. The standard InChI is InChI=1S/C11H14N6/c1-17-5-4-9(16-17)14-10-6-8(12)13-11(15-10)7-2-3-7/h4-7H,2-3H2,1H3,(H3,12,13,14,15,16). The summed E-state index contributed by atoms with van der Waals surface area (Å²) in [5.74, 6) is 3.29. The van der Waals surface area contributed by atoms with E-state index in [1.54, 1.807) is 10.7 Å². The molecule has 6 nitrogen and oxygen atoms in total. The van der Waals surface area contributed by atoms with Gasteiger partial charge >= 0.3 is 0 Å². The predicted molar refractivity (Wildman–Crippen MR) is 64.9 cm³/mol. The Balaban J connectivity index is 1.86. The maximum Gasteiger partial charge on any atom is 0.153 e. The number of nitrogen functional groups attached to an aromatic ring is 1. The van der Waals surface area contributed by atoms with Gasteiger partial charge in [-0.2, -0.15) is 5.10 Å². The first-order valence-corrected chi connectivity index (χ1v) is 5.62. The summed E-state index contributed by atoms with van der Waals surface area (Å²) in [5, 5.41) is 7.36. The number of hydrogen-bond acceptors (Lipinski definition) is 5. The van der Waals surface area contributed by atoms with Gasteiger partial charge in [-0.15, -0.1) is 0 Å². The van der Waals surface area contributed by atoms with Gasteiger partial charge in [0.25, 0.3) is 0 Å². The van der Waals surface area contributed by atoms with Crippen LogP contribution in [-0.4, -0.2) is 19.7 Å². The molecule has 0 bridgehead atoms. The van der Waals surface area contributed by atoms with E-state index >= 15 is 0 Å². The number of anilines is 3. The molecular formula is C11H14N6. The molecule has 17 heavy (non-hydrogen) atoms. The number of aromatic nitrogens is 4. The van der Waals surface area contributed by atoms with Crippen LogP contribution in [0, 0.1) is 0 Å². The molecule has 1 saturated carbocycles. The van der Waals surface area contributed by atoms with Crippen LogP contribution in [0.1, 0.15) is 24.6 Å². The topological polar surface area (TPSA) is 81.7 Å². The van der Waals surface area contributed by atoms with Crippen molar-refractivity contribution in [3.63, 3.8) is 0 Å². The van der Waals surface area contributed by atoms with Crippen molar-refractivity contribution >= 4 is 17.5 Å². The Morgan fingerprint density at radius 2 is 2.18 bits per heavy atom. The van der Waals surface area contributed by atoms with Gasteiger partial charge in [0.2, 0.25) is 0 Å². The van der Waals surface area contributed by atoms with Gasteiger partial charge in [-0.3, -0.25) is 4.68 Å². The third kappa shape index (κ3) is 2.20. The molecule has 1 fully saturated rings. The van der Waals surface area contributed by atoms with Crippen LogP contribution >= 0.6 is 0 Å². The Hall–Kier alpha value is -2.11. The Morgan fingerprint density at radius 1 is 1.35 bits per heavy atom. The summed E-state index contributed by atoms with van der Waals surface area (Å²) < 4.78 is 1.73. The molecule has 2 aromatic rings. The minimum Gasteiger partial charge on any atom is -0.384 e. The highest BCUT2D eigenvalue weighted by Crippen LogP contribution is 2.38. The molecule has 0 radical (unpaired) electrons. The van der Waals surface area contributed by atoms with Gasteiger partial charge in [-0.05, 0) is 12.8 Å². The summed E-state index contributed by atoms with van der Waals surface area (Å²) in [6.45, 7) is 0. The second-order valence-corrected chi connectivity index (χ2v) is 4.31. The van der Waals surface area contributed by atoms with Crippen molar-refractivity contribution in [1.29, 1.82) is 0 Å². The highest BCUT2D eigenvalue weighted by molar-refractivity contribution is 5.54. The Labute approximate surface area is 98.9 Å². The zero-order valence-corrected chi connectivity index (χ0v) is 9.59. The van der Waals surface area contributed by atoms with Crippen LogP contribution in [0.4, 0.5) is 17.5 Å².